The van der Waals surface area contributed by atoms with Crippen molar-refractivity contribution in [1.82, 2.24) is 9.78 Å². The van der Waals surface area contributed by atoms with Crippen LogP contribution in [0.15, 0.2) is 12.4 Å². The summed E-state index contributed by atoms with van der Waals surface area (Å²) < 4.78 is 1.72. The summed E-state index contributed by atoms with van der Waals surface area (Å²) >= 11 is 0. The molecule has 4 heteroatoms. The van der Waals surface area contributed by atoms with Gasteiger partial charge in [-0.2, -0.15) is 5.10 Å². The van der Waals surface area contributed by atoms with Crippen LogP contribution < -0.4 is 5.73 Å². The Kier molecular flexibility index (Phi) is 5.19. The van der Waals surface area contributed by atoms with Gasteiger partial charge in [-0.05, 0) is 30.9 Å². The largest absolute Gasteiger partial charge is 0.330 e. The van der Waals surface area contributed by atoms with Gasteiger partial charge in [-0.15, -0.1) is 0 Å². The van der Waals surface area contributed by atoms with Crippen LogP contribution in [0, 0.1) is 5.92 Å². The normalized spacial score (nSPS) is 12.7. The van der Waals surface area contributed by atoms with Crippen molar-refractivity contribution in [3.05, 3.63) is 18.0 Å². The van der Waals surface area contributed by atoms with Gasteiger partial charge < -0.3 is 5.73 Å². The Morgan fingerprint density at radius 2 is 2.31 bits per heavy atom. The van der Waals surface area contributed by atoms with Crippen molar-refractivity contribution in [1.29, 1.82) is 0 Å². The smallest absolute Gasteiger partial charge is 0.137 e. The number of aromatic nitrogens is 2. The number of hydrogen-bond donors (Lipinski definition) is 1. The Morgan fingerprint density at radius 3 is 2.88 bits per heavy atom. The number of hydrogen-bond acceptors (Lipinski definition) is 3. The number of aryl methyl sites for hydroxylation is 1. The highest BCUT2D eigenvalue weighted by molar-refractivity contribution is 5.80. The SMILES string of the molecule is CC(CCN)CCC(=O)Cc1cnn(C)c1. The fourth-order valence-electron chi connectivity index (χ4n) is 1.72. The van der Waals surface area contributed by atoms with Gasteiger partial charge in [-0.3, -0.25) is 9.48 Å². The second-order valence-electron chi connectivity index (χ2n) is 4.46. The van der Waals surface area contributed by atoms with E-state index in [0.717, 1.165) is 18.4 Å². The summed E-state index contributed by atoms with van der Waals surface area (Å²) in [5, 5.41) is 4.04. The minimum atomic E-state index is 0.289. The maximum atomic E-state index is 11.7. The van der Waals surface area contributed by atoms with E-state index in [0.29, 0.717) is 25.3 Å². The lowest BCUT2D eigenvalue weighted by atomic mass is 9.98. The predicted octanol–water partition coefficient (Wildman–Crippen LogP) is 1.30. The Hall–Kier alpha value is -1.16. The third-order valence-corrected chi connectivity index (χ3v) is 2.74. The first-order valence-corrected chi connectivity index (χ1v) is 5.81. The molecule has 1 aromatic heterocycles. The van der Waals surface area contributed by atoms with Gasteiger partial charge in [-0.1, -0.05) is 6.92 Å². The molecule has 2 N–H and O–H groups in total. The van der Waals surface area contributed by atoms with Gasteiger partial charge in [0.05, 0.1) is 6.20 Å². The standard InChI is InChI=1S/C12H21N3O/c1-10(5-6-13)3-4-12(16)7-11-8-14-15(2)9-11/h8-10H,3-7,13H2,1-2H3. The summed E-state index contributed by atoms with van der Waals surface area (Å²) in [4.78, 5) is 11.7. The molecule has 0 spiro atoms. The van der Waals surface area contributed by atoms with E-state index < -0.39 is 0 Å². The first-order chi connectivity index (χ1) is 7.61. The zero-order valence-corrected chi connectivity index (χ0v) is 10.1. The Labute approximate surface area is 96.8 Å². The summed E-state index contributed by atoms with van der Waals surface area (Å²) in [5.41, 5.74) is 6.47. The van der Waals surface area contributed by atoms with Crippen LogP contribution >= 0.6 is 0 Å². The van der Waals surface area contributed by atoms with E-state index >= 15 is 0 Å². The fraction of sp³-hybridized carbons (Fsp3) is 0.667. The van der Waals surface area contributed by atoms with Gasteiger partial charge in [0.15, 0.2) is 0 Å². The number of Topliss-reactive ketones (excluding diaryl/α,β-unsaturated/α-hetero) is 1. The highest BCUT2D eigenvalue weighted by Gasteiger charge is 2.08. The molecule has 90 valence electrons. The molecule has 16 heavy (non-hydrogen) atoms. The van der Waals surface area contributed by atoms with Crippen LogP contribution in [-0.2, 0) is 18.3 Å². The molecular weight excluding hydrogens is 202 g/mol. The minimum absolute atomic E-state index is 0.289. The number of rotatable bonds is 7. The Balaban J connectivity index is 2.26. The van der Waals surface area contributed by atoms with E-state index in [4.69, 9.17) is 5.73 Å². The Bertz CT molecular complexity index is 333. The highest BCUT2D eigenvalue weighted by atomic mass is 16.1. The molecule has 0 bridgehead atoms. The van der Waals surface area contributed by atoms with E-state index in [9.17, 15) is 4.79 Å². The van der Waals surface area contributed by atoms with Crippen molar-refractivity contribution < 1.29 is 4.79 Å². The molecule has 0 fully saturated rings. The quantitative estimate of drug-likeness (QED) is 0.758. The van der Waals surface area contributed by atoms with Crippen LogP contribution in [0.25, 0.3) is 0 Å². The zero-order chi connectivity index (χ0) is 12.0. The van der Waals surface area contributed by atoms with Crippen molar-refractivity contribution >= 4 is 5.78 Å². The van der Waals surface area contributed by atoms with Crippen LogP contribution in [0.3, 0.4) is 0 Å². The highest BCUT2D eigenvalue weighted by Crippen LogP contribution is 2.11. The molecule has 0 aliphatic rings. The molecule has 1 rings (SSSR count). The second kappa shape index (κ2) is 6.43. The average molecular weight is 223 g/mol. The lowest BCUT2D eigenvalue weighted by Gasteiger charge is -2.08. The average Bonchev–Trinajstić information content (AvgIpc) is 2.61. The molecule has 0 aliphatic heterocycles. The van der Waals surface area contributed by atoms with Crippen molar-refractivity contribution in [3.63, 3.8) is 0 Å². The number of nitrogens with two attached hydrogens (primary N) is 1. The van der Waals surface area contributed by atoms with Gasteiger partial charge in [0.25, 0.3) is 0 Å². The maximum absolute atomic E-state index is 11.7. The van der Waals surface area contributed by atoms with Crippen LogP contribution in [0.5, 0.6) is 0 Å². The van der Waals surface area contributed by atoms with Crippen molar-refractivity contribution in [2.24, 2.45) is 18.7 Å². The van der Waals surface area contributed by atoms with Gasteiger partial charge in [0.1, 0.15) is 5.78 Å². The number of carbonyl (C=O) groups is 1. The lowest BCUT2D eigenvalue weighted by Crippen LogP contribution is -2.09. The van der Waals surface area contributed by atoms with E-state index in [-0.39, 0.29) is 5.78 Å². The molecule has 0 saturated heterocycles. The molecule has 0 amide bonds. The van der Waals surface area contributed by atoms with E-state index in [1.807, 2.05) is 13.2 Å². The molecule has 1 heterocycles. The number of ketones is 1. The first kappa shape index (κ1) is 12.9. The zero-order valence-electron chi connectivity index (χ0n) is 10.1. The second-order valence-corrected chi connectivity index (χ2v) is 4.46. The van der Waals surface area contributed by atoms with Crippen LogP contribution in [0.1, 0.15) is 31.7 Å². The van der Waals surface area contributed by atoms with Crippen LogP contribution in [-0.4, -0.2) is 22.1 Å². The predicted molar refractivity (Wildman–Crippen MR) is 64.0 cm³/mol. The van der Waals surface area contributed by atoms with Crippen molar-refractivity contribution in [3.8, 4) is 0 Å². The summed E-state index contributed by atoms with van der Waals surface area (Å²) in [7, 11) is 1.86. The molecule has 0 radical (unpaired) electrons. The van der Waals surface area contributed by atoms with Crippen molar-refractivity contribution in [2.45, 2.75) is 32.6 Å². The van der Waals surface area contributed by atoms with E-state index in [1.165, 1.54) is 0 Å². The molecular formula is C12H21N3O. The topological polar surface area (TPSA) is 60.9 Å². The third kappa shape index (κ3) is 4.57. The molecule has 0 aliphatic carbocycles. The van der Waals surface area contributed by atoms with Gasteiger partial charge in [-0.25, -0.2) is 0 Å². The van der Waals surface area contributed by atoms with Crippen LogP contribution in [0.2, 0.25) is 0 Å². The summed E-state index contributed by atoms with van der Waals surface area (Å²) in [6.45, 7) is 2.85. The minimum Gasteiger partial charge on any atom is -0.330 e. The number of nitrogens with zero attached hydrogens (tertiary/aromatic N) is 2. The van der Waals surface area contributed by atoms with E-state index in [2.05, 4.69) is 12.0 Å². The monoisotopic (exact) mass is 223 g/mol. The molecule has 1 unspecified atom stereocenters. The van der Waals surface area contributed by atoms with Crippen LogP contribution in [0.4, 0.5) is 0 Å². The summed E-state index contributed by atoms with van der Waals surface area (Å²) in [5.74, 6) is 0.833. The third-order valence-electron chi connectivity index (χ3n) is 2.74. The summed E-state index contributed by atoms with van der Waals surface area (Å²) in [6.07, 6.45) is 6.73. The van der Waals surface area contributed by atoms with Gasteiger partial charge >= 0.3 is 0 Å². The first-order valence-electron chi connectivity index (χ1n) is 5.81. The molecule has 0 aromatic carbocycles. The Morgan fingerprint density at radius 1 is 1.56 bits per heavy atom. The van der Waals surface area contributed by atoms with Gasteiger partial charge in [0, 0.05) is 26.1 Å². The fourth-order valence-corrected chi connectivity index (χ4v) is 1.72. The lowest BCUT2D eigenvalue weighted by molar-refractivity contribution is -0.118. The summed E-state index contributed by atoms with van der Waals surface area (Å²) in [6, 6.07) is 0. The maximum Gasteiger partial charge on any atom is 0.137 e. The molecule has 1 atom stereocenters. The molecule has 1 aromatic rings. The molecule has 0 saturated carbocycles. The van der Waals surface area contributed by atoms with E-state index in [1.54, 1.807) is 10.9 Å². The van der Waals surface area contributed by atoms with Gasteiger partial charge in [0.2, 0.25) is 0 Å². The van der Waals surface area contributed by atoms with Crippen molar-refractivity contribution in [2.75, 3.05) is 6.54 Å². The molecule has 4 nitrogen and oxygen atoms in total. The number of carbonyl (C=O) groups excluding carboxylic acids is 1.